The van der Waals surface area contributed by atoms with Crippen LogP contribution < -0.4 is 20.1 Å². The van der Waals surface area contributed by atoms with Gasteiger partial charge in [0.15, 0.2) is 0 Å². The van der Waals surface area contributed by atoms with Gasteiger partial charge in [0.25, 0.3) is 0 Å². The third kappa shape index (κ3) is 2.88. The second-order valence-corrected chi connectivity index (χ2v) is 5.38. The minimum Gasteiger partial charge on any atom is -0.497 e. The number of hydrogen-bond donors (Lipinski definition) is 2. The Balaban J connectivity index is 2.12. The van der Waals surface area contributed by atoms with E-state index in [4.69, 9.17) is 9.47 Å². The molecule has 1 unspecified atom stereocenters. The number of benzene rings is 1. The van der Waals surface area contributed by atoms with Crippen LogP contribution in [-0.2, 0) is 0 Å². The lowest BCUT2D eigenvalue weighted by Crippen LogP contribution is -2.31. The van der Waals surface area contributed by atoms with Gasteiger partial charge in [-0.25, -0.2) is 0 Å². The van der Waals surface area contributed by atoms with Gasteiger partial charge in [-0.1, -0.05) is 0 Å². The molecular formula is C14H22N2O2. The van der Waals surface area contributed by atoms with E-state index in [2.05, 4.69) is 24.5 Å². The number of hydrogen-bond acceptors (Lipinski definition) is 4. The lowest BCUT2D eigenvalue weighted by Gasteiger charge is -2.19. The van der Waals surface area contributed by atoms with Crippen molar-refractivity contribution in [1.82, 2.24) is 5.32 Å². The summed E-state index contributed by atoms with van der Waals surface area (Å²) in [6.45, 7) is 5.41. The van der Waals surface area contributed by atoms with Gasteiger partial charge in [0.2, 0.25) is 0 Å². The maximum atomic E-state index is 5.37. The van der Waals surface area contributed by atoms with E-state index in [-0.39, 0.29) is 5.54 Å². The maximum absolute atomic E-state index is 5.37. The molecule has 1 aromatic rings. The third-order valence-corrected chi connectivity index (χ3v) is 3.35. The molecule has 1 saturated heterocycles. The minimum atomic E-state index is 0.198. The molecule has 1 atom stereocenters. The van der Waals surface area contributed by atoms with Gasteiger partial charge < -0.3 is 20.1 Å². The van der Waals surface area contributed by atoms with Crippen LogP contribution in [0.2, 0.25) is 0 Å². The molecule has 4 nitrogen and oxygen atoms in total. The van der Waals surface area contributed by atoms with E-state index < -0.39 is 0 Å². The average Bonchev–Trinajstić information content (AvgIpc) is 2.68. The highest BCUT2D eigenvalue weighted by Crippen LogP contribution is 2.31. The zero-order valence-corrected chi connectivity index (χ0v) is 11.5. The number of nitrogens with one attached hydrogen (secondary N) is 2. The average molecular weight is 250 g/mol. The molecule has 1 fully saturated rings. The standard InChI is InChI=1S/C14H22N2O2/c1-14(2)8-10(9-15-14)16-12-7-11(17-3)5-6-13(12)18-4/h5-7,10,15-16H,8-9H2,1-4H3. The van der Waals surface area contributed by atoms with Crippen LogP contribution in [0.25, 0.3) is 0 Å². The minimum absolute atomic E-state index is 0.198. The molecule has 1 aliphatic heterocycles. The van der Waals surface area contributed by atoms with Crippen molar-refractivity contribution >= 4 is 5.69 Å². The van der Waals surface area contributed by atoms with E-state index in [0.29, 0.717) is 6.04 Å². The maximum Gasteiger partial charge on any atom is 0.142 e. The number of methoxy groups -OCH3 is 2. The molecule has 0 saturated carbocycles. The normalized spacial score (nSPS) is 21.7. The third-order valence-electron chi connectivity index (χ3n) is 3.35. The van der Waals surface area contributed by atoms with Crippen molar-refractivity contribution in [3.8, 4) is 11.5 Å². The van der Waals surface area contributed by atoms with E-state index in [9.17, 15) is 0 Å². The van der Waals surface area contributed by atoms with E-state index in [1.54, 1.807) is 14.2 Å². The molecule has 1 aromatic carbocycles. The molecule has 1 heterocycles. The molecule has 4 heteroatoms. The molecule has 0 amide bonds. The van der Waals surface area contributed by atoms with Gasteiger partial charge in [-0.15, -0.1) is 0 Å². The van der Waals surface area contributed by atoms with Crippen molar-refractivity contribution in [2.45, 2.75) is 31.8 Å². The van der Waals surface area contributed by atoms with Crippen molar-refractivity contribution < 1.29 is 9.47 Å². The summed E-state index contributed by atoms with van der Waals surface area (Å²) in [6, 6.07) is 6.22. The Morgan fingerprint density at radius 3 is 2.61 bits per heavy atom. The summed E-state index contributed by atoms with van der Waals surface area (Å²) in [5.41, 5.74) is 1.19. The van der Waals surface area contributed by atoms with Crippen LogP contribution in [0.4, 0.5) is 5.69 Å². The second-order valence-electron chi connectivity index (χ2n) is 5.38. The van der Waals surface area contributed by atoms with E-state index in [1.807, 2.05) is 18.2 Å². The zero-order chi connectivity index (χ0) is 13.2. The summed E-state index contributed by atoms with van der Waals surface area (Å²) in [4.78, 5) is 0. The summed E-state index contributed by atoms with van der Waals surface area (Å²) in [5.74, 6) is 1.68. The SMILES string of the molecule is COc1ccc(OC)c(NC2CNC(C)(C)C2)c1. The van der Waals surface area contributed by atoms with Gasteiger partial charge in [0.1, 0.15) is 11.5 Å². The first-order valence-electron chi connectivity index (χ1n) is 6.28. The van der Waals surface area contributed by atoms with Crippen LogP contribution in [0.15, 0.2) is 18.2 Å². The first kappa shape index (κ1) is 13.0. The van der Waals surface area contributed by atoms with E-state index >= 15 is 0 Å². The summed E-state index contributed by atoms with van der Waals surface area (Å²) in [7, 11) is 3.36. The van der Waals surface area contributed by atoms with Crippen LogP contribution in [0.1, 0.15) is 20.3 Å². The van der Waals surface area contributed by atoms with E-state index in [0.717, 1.165) is 30.2 Å². The van der Waals surface area contributed by atoms with Gasteiger partial charge in [-0.05, 0) is 32.4 Å². The van der Waals surface area contributed by atoms with Gasteiger partial charge >= 0.3 is 0 Å². The molecular weight excluding hydrogens is 228 g/mol. The fourth-order valence-corrected chi connectivity index (χ4v) is 2.41. The molecule has 18 heavy (non-hydrogen) atoms. The molecule has 0 aromatic heterocycles. The molecule has 1 aliphatic rings. The van der Waals surface area contributed by atoms with Crippen molar-refractivity contribution in [3.63, 3.8) is 0 Å². The van der Waals surface area contributed by atoms with E-state index in [1.165, 1.54) is 0 Å². The summed E-state index contributed by atoms with van der Waals surface area (Å²) < 4.78 is 10.6. The first-order chi connectivity index (χ1) is 8.54. The largest absolute Gasteiger partial charge is 0.497 e. The van der Waals surface area contributed by atoms with Gasteiger partial charge in [-0.3, -0.25) is 0 Å². The Labute approximate surface area is 109 Å². The Morgan fingerprint density at radius 1 is 1.28 bits per heavy atom. The lowest BCUT2D eigenvalue weighted by molar-refractivity contribution is 0.404. The Kier molecular flexibility index (Phi) is 3.66. The Hall–Kier alpha value is -1.42. The fraction of sp³-hybridized carbons (Fsp3) is 0.571. The number of rotatable bonds is 4. The summed E-state index contributed by atoms with van der Waals surface area (Å²) in [6.07, 6.45) is 1.09. The van der Waals surface area contributed by atoms with Gasteiger partial charge in [0, 0.05) is 24.2 Å². The highest BCUT2D eigenvalue weighted by atomic mass is 16.5. The highest BCUT2D eigenvalue weighted by Gasteiger charge is 2.30. The molecule has 2 rings (SSSR count). The second kappa shape index (κ2) is 5.06. The van der Waals surface area contributed by atoms with Crippen LogP contribution in [0, 0.1) is 0 Å². The lowest BCUT2D eigenvalue weighted by atomic mass is 10.0. The highest BCUT2D eigenvalue weighted by molar-refractivity contribution is 5.60. The molecule has 0 spiro atoms. The predicted molar refractivity (Wildman–Crippen MR) is 73.7 cm³/mol. The van der Waals surface area contributed by atoms with Crippen LogP contribution >= 0.6 is 0 Å². The Bertz CT molecular complexity index is 418. The van der Waals surface area contributed by atoms with Gasteiger partial charge in [0.05, 0.1) is 19.9 Å². The monoisotopic (exact) mass is 250 g/mol. The summed E-state index contributed by atoms with van der Waals surface area (Å²) >= 11 is 0. The molecule has 0 bridgehead atoms. The first-order valence-corrected chi connectivity index (χ1v) is 6.28. The molecule has 0 aliphatic carbocycles. The zero-order valence-electron chi connectivity index (χ0n) is 11.5. The van der Waals surface area contributed by atoms with Crippen molar-refractivity contribution in [2.24, 2.45) is 0 Å². The Morgan fingerprint density at radius 2 is 2.06 bits per heavy atom. The van der Waals surface area contributed by atoms with Crippen LogP contribution in [0.5, 0.6) is 11.5 Å². The smallest absolute Gasteiger partial charge is 0.142 e. The fourth-order valence-electron chi connectivity index (χ4n) is 2.41. The summed E-state index contributed by atoms with van der Waals surface area (Å²) in [5, 5.41) is 7.02. The number of anilines is 1. The topological polar surface area (TPSA) is 42.5 Å². The molecule has 100 valence electrons. The van der Waals surface area contributed by atoms with Crippen LogP contribution in [0.3, 0.4) is 0 Å². The van der Waals surface area contributed by atoms with Crippen molar-refractivity contribution in [1.29, 1.82) is 0 Å². The quantitative estimate of drug-likeness (QED) is 0.860. The number of ether oxygens (including phenoxy) is 2. The molecule has 0 radical (unpaired) electrons. The van der Waals surface area contributed by atoms with Crippen LogP contribution in [-0.4, -0.2) is 32.3 Å². The van der Waals surface area contributed by atoms with Crippen molar-refractivity contribution in [2.75, 3.05) is 26.1 Å². The predicted octanol–water partition coefficient (Wildman–Crippen LogP) is 2.26. The van der Waals surface area contributed by atoms with Gasteiger partial charge in [-0.2, -0.15) is 0 Å². The molecule has 2 N–H and O–H groups in total. The van der Waals surface area contributed by atoms with Crippen molar-refractivity contribution in [3.05, 3.63) is 18.2 Å².